The van der Waals surface area contributed by atoms with E-state index in [0.29, 0.717) is 17.0 Å². The molecule has 0 bridgehead atoms. The standard InChI is InChI=1S/C15H13FN2O/c1-11(15(19)12-5-3-2-4-6-12)17-18-14-9-7-13(16)8-10-14/h2-10,18H,1H3. The smallest absolute Gasteiger partial charge is 0.208 e. The molecular formula is C15H13FN2O. The Morgan fingerprint density at radius 2 is 1.68 bits per heavy atom. The first-order chi connectivity index (χ1) is 9.16. The number of ketones is 1. The molecule has 2 rings (SSSR count). The fourth-order valence-electron chi connectivity index (χ4n) is 1.52. The van der Waals surface area contributed by atoms with E-state index in [1.54, 1.807) is 43.3 Å². The normalized spacial score (nSPS) is 11.2. The summed E-state index contributed by atoms with van der Waals surface area (Å²) in [6.45, 7) is 1.63. The molecule has 0 spiro atoms. The molecule has 0 saturated heterocycles. The van der Waals surface area contributed by atoms with Gasteiger partial charge in [0.05, 0.1) is 5.69 Å². The van der Waals surface area contributed by atoms with E-state index in [-0.39, 0.29) is 11.6 Å². The third-order valence-electron chi connectivity index (χ3n) is 2.56. The number of carbonyl (C=O) groups is 1. The summed E-state index contributed by atoms with van der Waals surface area (Å²) in [7, 11) is 0. The third kappa shape index (κ3) is 3.48. The minimum Gasteiger partial charge on any atom is -0.287 e. The Morgan fingerprint density at radius 1 is 1.05 bits per heavy atom. The summed E-state index contributed by atoms with van der Waals surface area (Å²) < 4.78 is 12.7. The van der Waals surface area contributed by atoms with Gasteiger partial charge in [0.15, 0.2) is 0 Å². The minimum absolute atomic E-state index is 0.143. The molecule has 19 heavy (non-hydrogen) atoms. The number of benzene rings is 2. The Labute approximate surface area is 110 Å². The monoisotopic (exact) mass is 256 g/mol. The van der Waals surface area contributed by atoms with Crippen molar-refractivity contribution in [3.05, 3.63) is 66.0 Å². The SMILES string of the molecule is CC(=NNc1ccc(F)cc1)C(=O)c1ccccc1. The number of anilines is 1. The first kappa shape index (κ1) is 13.0. The van der Waals surface area contributed by atoms with E-state index in [4.69, 9.17) is 0 Å². The van der Waals surface area contributed by atoms with Gasteiger partial charge >= 0.3 is 0 Å². The highest BCUT2D eigenvalue weighted by Gasteiger charge is 2.08. The van der Waals surface area contributed by atoms with Crippen molar-refractivity contribution in [3.8, 4) is 0 Å². The first-order valence-corrected chi connectivity index (χ1v) is 5.82. The molecule has 2 aromatic rings. The molecule has 0 aromatic heterocycles. The summed E-state index contributed by atoms with van der Waals surface area (Å²) in [5.74, 6) is -0.457. The van der Waals surface area contributed by atoms with Gasteiger partial charge in [0, 0.05) is 5.56 Å². The van der Waals surface area contributed by atoms with Gasteiger partial charge in [-0.15, -0.1) is 0 Å². The van der Waals surface area contributed by atoms with Crippen LogP contribution in [0.2, 0.25) is 0 Å². The summed E-state index contributed by atoms with van der Waals surface area (Å²) in [5.41, 5.74) is 4.28. The number of carbonyl (C=O) groups excluding carboxylic acids is 1. The molecule has 96 valence electrons. The van der Waals surface area contributed by atoms with Crippen molar-refractivity contribution in [1.29, 1.82) is 0 Å². The van der Waals surface area contributed by atoms with Crippen molar-refractivity contribution >= 4 is 17.2 Å². The number of halogens is 1. The predicted molar refractivity (Wildman–Crippen MR) is 73.9 cm³/mol. The summed E-state index contributed by atoms with van der Waals surface area (Å²) >= 11 is 0. The highest BCUT2D eigenvalue weighted by Crippen LogP contribution is 2.08. The van der Waals surface area contributed by atoms with E-state index in [1.807, 2.05) is 6.07 Å². The molecule has 0 radical (unpaired) electrons. The van der Waals surface area contributed by atoms with Gasteiger partial charge in [-0.3, -0.25) is 10.2 Å². The number of rotatable bonds is 4. The number of hydrogen-bond donors (Lipinski definition) is 1. The van der Waals surface area contributed by atoms with Crippen LogP contribution in [0, 0.1) is 5.82 Å². The highest BCUT2D eigenvalue weighted by atomic mass is 19.1. The molecule has 3 nitrogen and oxygen atoms in total. The summed E-state index contributed by atoms with van der Waals surface area (Å²) in [6.07, 6.45) is 0. The fraction of sp³-hybridized carbons (Fsp3) is 0.0667. The van der Waals surface area contributed by atoms with Gasteiger partial charge in [-0.25, -0.2) is 4.39 Å². The molecule has 0 atom stereocenters. The summed E-state index contributed by atoms with van der Waals surface area (Å²) in [4.78, 5) is 12.0. The Bertz CT molecular complexity index is 591. The molecule has 0 aliphatic carbocycles. The molecule has 0 aliphatic rings. The number of nitrogens with one attached hydrogen (secondary N) is 1. The third-order valence-corrected chi connectivity index (χ3v) is 2.56. The van der Waals surface area contributed by atoms with Crippen LogP contribution < -0.4 is 5.43 Å². The Hall–Kier alpha value is -2.49. The van der Waals surface area contributed by atoms with E-state index in [2.05, 4.69) is 10.5 Å². The molecule has 2 aromatic carbocycles. The Balaban J connectivity index is 2.07. The highest BCUT2D eigenvalue weighted by molar-refractivity contribution is 6.45. The van der Waals surface area contributed by atoms with Gasteiger partial charge in [0.2, 0.25) is 5.78 Å². The molecule has 4 heteroatoms. The first-order valence-electron chi connectivity index (χ1n) is 5.82. The molecule has 0 aliphatic heterocycles. The second kappa shape index (κ2) is 5.91. The number of Topliss-reactive ketones (excluding diaryl/α,β-unsaturated/α-hetero) is 1. The van der Waals surface area contributed by atoms with Crippen LogP contribution >= 0.6 is 0 Å². The van der Waals surface area contributed by atoms with E-state index >= 15 is 0 Å². The van der Waals surface area contributed by atoms with Crippen molar-refractivity contribution in [1.82, 2.24) is 0 Å². The van der Waals surface area contributed by atoms with Crippen LogP contribution in [0.15, 0.2) is 59.7 Å². The Kier molecular flexibility index (Phi) is 4.03. The molecule has 0 amide bonds. The van der Waals surface area contributed by atoms with Crippen molar-refractivity contribution in [2.75, 3.05) is 5.43 Å². The molecule has 1 N–H and O–H groups in total. The van der Waals surface area contributed by atoms with Gasteiger partial charge < -0.3 is 0 Å². The van der Waals surface area contributed by atoms with E-state index in [9.17, 15) is 9.18 Å². The van der Waals surface area contributed by atoms with Crippen LogP contribution in [0.5, 0.6) is 0 Å². The van der Waals surface area contributed by atoms with Crippen LogP contribution in [0.3, 0.4) is 0 Å². The van der Waals surface area contributed by atoms with Gasteiger partial charge in [-0.1, -0.05) is 30.3 Å². The lowest BCUT2D eigenvalue weighted by atomic mass is 10.1. The zero-order valence-corrected chi connectivity index (χ0v) is 10.4. The minimum atomic E-state index is -0.313. The quantitative estimate of drug-likeness (QED) is 0.517. The molecule has 0 unspecified atom stereocenters. The van der Waals surface area contributed by atoms with Crippen LogP contribution in [0.25, 0.3) is 0 Å². The average Bonchev–Trinajstić information content (AvgIpc) is 2.46. The van der Waals surface area contributed by atoms with Gasteiger partial charge in [0.1, 0.15) is 11.5 Å². The second-order valence-electron chi connectivity index (χ2n) is 4.01. The zero-order valence-electron chi connectivity index (χ0n) is 10.4. The van der Waals surface area contributed by atoms with Gasteiger partial charge in [-0.05, 0) is 31.2 Å². The molecule has 0 fully saturated rings. The summed E-state index contributed by atoms with van der Waals surface area (Å²) in [6, 6.07) is 14.7. The lowest BCUT2D eigenvalue weighted by Gasteiger charge is -2.03. The fourth-order valence-corrected chi connectivity index (χ4v) is 1.52. The topological polar surface area (TPSA) is 41.5 Å². The van der Waals surface area contributed by atoms with Gasteiger partial charge in [-0.2, -0.15) is 5.10 Å². The van der Waals surface area contributed by atoms with Crippen molar-refractivity contribution in [3.63, 3.8) is 0 Å². The molecule has 0 heterocycles. The Morgan fingerprint density at radius 3 is 2.32 bits per heavy atom. The maximum atomic E-state index is 12.7. The summed E-state index contributed by atoms with van der Waals surface area (Å²) in [5, 5.41) is 4.00. The van der Waals surface area contributed by atoms with Crippen LogP contribution in [0.1, 0.15) is 17.3 Å². The lowest BCUT2D eigenvalue weighted by molar-refractivity contribution is 0.106. The largest absolute Gasteiger partial charge is 0.287 e. The lowest BCUT2D eigenvalue weighted by Crippen LogP contribution is -2.12. The van der Waals surface area contributed by atoms with E-state index in [0.717, 1.165) is 0 Å². The van der Waals surface area contributed by atoms with E-state index < -0.39 is 0 Å². The molecular weight excluding hydrogens is 243 g/mol. The van der Waals surface area contributed by atoms with Crippen LogP contribution in [-0.4, -0.2) is 11.5 Å². The number of nitrogens with zero attached hydrogens (tertiary/aromatic N) is 1. The number of hydrazone groups is 1. The maximum Gasteiger partial charge on any atom is 0.208 e. The average molecular weight is 256 g/mol. The maximum absolute atomic E-state index is 12.7. The van der Waals surface area contributed by atoms with E-state index in [1.165, 1.54) is 12.1 Å². The predicted octanol–water partition coefficient (Wildman–Crippen LogP) is 3.50. The van der Waals surface area contributed by atoms with Gasteiger partial charge in [0.25, 0.3) is 0 Å². The van der Waals surface area contributed by atoms with Crippen molar-refractivity contribution in [2.45, 2.75) is 6.92 Å². The number of hydrogen-bond acceptors (Lipinski definition) is 3. The zero-order chi connectivity index (χ0) is 13.7. The molecule has 0 saturated carbocycles. The van der Waals surface area contributed by atoms with Crippen LogP contribution in [-0.2, 0) is 0 Å². The van der Waals surface area contributed by atoms with Crippen molar-refractivity contribution in [2.24, 2.45) is 5.10 Å². The van der Waals surface area contributed by atoms with Crippen LogP contribution in [0.4, 0.5) is 10.1 Å². The second-order valence-corrected chi connectivity index (χ2v) is 4.01. The van der Waals surface area contributed by atoms with Crippen molar-refractivity contribution < 1.29 is 9.18 Å².